The lowest BCUT2D eigenvalue weighted by atomic mass is 9.33. The van der Waals surface area contributed by atoms with Gasteiger partial charge >= 0.3 is 0 Å². The summed E-state index contributed by atoms with van der Waals surface area (Å²) in [6.45, 7) is 9.59. The highest BCUT2D eigenvalue weighted by Crippen LogP contribution is 2.77. The van der Waals surface area contributed by atoms with Crippen LogP contribution in [0, 0.1) is 16.7 Å². The number of piperidine rings is 1. The van der Waals surface area contributed by atoms with Crippen molar-refractivity contribution in [2.45, 2.75) is 88.6 Å². The average molecular weight is 442 g/mol. The van der Waals surface area contributed by atoms with Crippen LogP contribution >= 0.6 is 0 Å². The molecule has 7 atom stereocenters. The number of hydrogen-bond donors (Lipinski definition) is 1. The molecule has 6 aliphatic rings. The molecule has 7 rings (SSSR count). The highest BCUT2D eigenvalue weighted by molar-refractivity contribution is 5.63. The van der Waals surface area contributed by atoms with Crippen LogP contribution in [0.4, 0.5) is 0 Å². The first kappa shape index (κ1) is 21.2. The molecule has 0 amide bonds. The van der Waals surface area contributed by atoms with Gasteiger partial charge in [0.05, 0.1) is 12.7 Å². The Balaban J connectivity index is 1.65. The highest BCUT2D eigenvalue weighted by atomic mass is 16.6. The van der Waals surface area contributed by atoms with E-state index in [1.807, 2.05) is 14.0 Å². The Morgan fingerprint density at radius 2 is 1.88 bits per heavy atom. The standard InChI is InChI=1S/C27H39NO4/c1-23(2,3)24(4,29)18-15-25-10-11-27(18,31-7)22-26(25)12-13-28(5)19(25)14-16-8-9-17(30-6)21(32-22)20(16)26/h8-9,18-19,22,29H,10-15H2,1-7H3/t18-,19-,22-,24?,25-,26+,27?/m1/s1. The van der Waals surface area contributed by atoms with Crippen molar-refractivity contribution in [3.05, 3.63) is 23.3 Å². The van der Waals surface area contributed by atoms with E-state index in [0.29, 0.717) is 6.04 Å². The summed E-state index contributed by atoms with van der Waals surface area (Å²) in [7, 11) is 5.89. The fourth-order valence-corrected chi connectivity index (χ4v) is 9.01. The first-order valence-corrected chi connectivity index (χ1v) is 12.3. The summed E-state index contributed by atoms with van der Waals surface area (Å²) in [5.74, 6) is 1.79. The fraction of sp³-hybridized carbons (Fsp3) is 0.778. The summed E-state index contributed by atoms with van der Waals surface area (Å²) in [4.78, 5) is 2.60. The Kier molecular flexibility index (Phi) is 4.00. The van der Waals surface area contributed by atoms with E-state index in [1.54, 1.807) is 7.11 Å². The average Bonchev–Trinajstić information content (AvgIpc) is 3.12. The molecule has 2 heterocycles. The number of likely N-dealkylation sites (N-methyl/N-ethyl adjacent to an activating group) is 1. The molecular weight excluding hydrogens is 402 g/mol. The Hall–Kier alpha value is -1.30. The van der Waals surface area contributed by atoms with Crippen LogP contribution in [0.15, 0.2) is 12.1 Å². The molecule has 32 heavy (non-hydrogen) atoms. The minimum absolute atomic E-state index is 0.00253. The minimum atomic E-state index is -0.882. The van der Waals surface area contributed by atoms with Gasteiger partial charge in [-0.25, -0.2) is 0 Å². The molecule has 1 saturated heterocycles. The molecule has 4 bridgehead atoms. The van der Waals surface area contributed by atoms with Gasteiger partial charge in [-0.2, -0.15) is 0 Å². The molecule has 0 radical (unpaired) electrons. The molecule has 2 aliphatic heterocycles. The first-order valence-electron chi connectivity index (χ1n) is 12.3. The molecule has 3 saturated carbocycles. The van der Waals surface area contributed by atoms with Gasteiger partial charge in [0, 0.05) is 35.5 Å². The van der Waals surface area contributed by atoms with Crippen LogP contribution in [0.3, 0.4) is 0 Å². The van der Waals surface area contributed by atoms with E-state index in [4.69, 9.17) is 14.2 Å². The van der Waals surface area contributed by atoms with E-state index in [1.165, 1.54) is 11.1 Å². The topological polar surface area (TPSA) is 51.2 Å². The van der Waals surface area contributed by atoms with Crippen LogP contribution in [0.2, 0.25) is 0 Å². The number of likely N-dealkylation sites (tertiary alicyclic amines) is 1. The SMILES string of the molecule is COc1ccc2c3c1O[C@H]1C4(OC)CC[C@@]5(C[C@@H]4C(C)(O)C(C)(C)C)[C@@H](C2)N(C)CC[C@]315. The van der Waals surface area contributed by atoms with Crippen molar-refractivity contribution in [3.8, 4) is 11.5 Å². The van der Waals surface area contributed by atoms with Gasteiger partial charge in [0.25, 0.3) is 0 Å². The van der Waals surface area contributed by atoms with Crippen molar-refractivity contribution in [1.82, 2.24) is 4.90 Å². The normalized spacial score (nSPS) is 43.4. The number of aliphatic hydroxyl groups is 1. The van der Waals surface area contributed by atoms with Crippen molar-refractivity contribution in [1.29, 1.82) is 0 Å². The van der Waals surface area contributed by atoms with Crippen LogP contribution in [0.25, 0.3) is 0 Å². The van der Waals surface area contributed by atoms with E-state index < -0.39 is 11.2 Å². The molecule has 5 heteroatoms. The number of hydrogen-bond acceptors (Lipinski definition) is 5. The van der Waals surface area contributed by atoms with Gasteiger partial charge in [0.2, 0.25) is 0 Å². The maximum absolute atomic E-state index is 12.1. The quantitative estimate of drug-likeness (QED) is 0.770. The second kappa shape index (κ2) is 6.03. The van der Waals surface area contributed by atoms with Crippen LogP contribution in [0.1, 0.15) is 64.5 Å². The van der Waals surface area contributed by atoms with Crippen molar-refractivity contribution in [2.24, 2.45) is 16.7 Å². The summed E-state index contributed by atoms with van der Waals surface area (Å²) in [5.41, 5.74) is 1.17. The lowest BCUT2D eigenvalue weighted by Crippen LogP contribution is -2.83. The van der Waals surface area contributed by atoms with E-state index >= 15 is 0 Å². The molecule has 176 valence electrons. The van der Waals surface area contributed by atoms with Gasteiger partial charge in [0.1, 0.15) is 11.7 Å². The van der Waals surface area contributed by atoms with Gasteiger partial charge in [-0.05, 0) is 69.7 Å². The number of ether oxygens (including phenoxy) is 3. The van der Waals surface area contributed by atoms with E-state index in [0.717, 1.165) is 50.1 Å². The van der Waals surface area contributed by atoms with Gasteiger partial charge in [-0.15, -0.1) is 0 Å². The maximum Gasteiger partial charge on any atom is 0.165 e. The fourth-order valence-electron chi connectivity index (χ4n) is 9.01. The Morgan fingerprint density at radius 1 is 1.12 bits per heavy atom. The lowest BCUT2D eigenvalue weighted by molar-refractivity contribution is -0.311. The van der Waals surface area contributed by atoms with Gasteiger partial charge in [0.15, 0.2) is 11.5 Å². The molecule has 2 spiro atoms. The lowest BCUT2D eigenvalue weighted by Gasteiger charge is -2.75. The van der Waals surface area contributed by atoms with Crippen LogP contribution in [-0.4, -0.2) is 61.2 Å². The van der Waals surface area contributed by atoms with Gasteiger partial charge in [-0.3, -0.25) is 0 Å². The van der Waals surface area contributed by atoms with Crippen LogP contribution < -0.4 is 9.47 Å². The Labute approximate surface area is 192 Å². The molecule has 5 nitrogen and oxygen atoms in total. The predicted octanol–water partition coefficient (Wildman–Crippen LogP) is 3.94. The molecule has 4 aliphatic carbocycles. The third kappa shape index (κ3) is 2.01. The zero-order valence-electron chi connectivity index (χ0n) is 20.7. The number of rotatable bonds is 3. The molecule has 2 unspecified atom stereocenters. The van der Waals surface area contributed by atoms with E-state index in [9.17, 15) is 5.11 Å². The second-order valence-corrected chi connectivity index (χ2v) is 12.5. The first-order chi connectivity index (χ1) is 15.0. The summed E-state index contributed by atoms with van der Waals surface area (Å²) in [6.07, 6.45) is 5.07. The highest BCUT2D eigenvalue weighted by Gasteiger charge is 2.82. The number of nitrogens with zero attached hydrogens (tertiary/aromatic N) is 1. The molecule has 4 fully saturated rings. The minimum Gasteiger partial charge on any atom is -0.493 e. The van der Waals surface area contributed by atoms with Crippen molar-refractivity contribution >= 4 is 0 Å². The third-order valence-corrected chi connectivity index (χ3v) is 11.0. The monoisotopic (exact) mass is 441 g/mol. The number of benzene rings is 1. The molecule has 1 N–H and O–H groups in total. The van der Waals surface area contributed by atoms with E-state index in [-0.39, 0.29) is 28.3 Å². The van der Waals surface area contributed by atoms with Gasteiger partial charge in [-0.1, -0.05) is 26.8 Å². The second-order valence-electron chi connectivity index (χ2n) is 12.5. The predicted molar refractivity (Wildman–Crippen MR) is 123 cm³/mol. The third-order valence-electron chi connectivity index (χ3n) is 11.0. The Morgan fingerprint density at radius 3 is 2.53 bits per heavy atom. The molecule has 0 aromatic heterocycles. The largest absolute Gasteiger partial charge is 0.493 e. The summed E-state index contributed by atoms with van der Waals surface area (Å²) in [6, 6.07) is 4.82. The molecular formula is C27H39NO4. The summed E-state index contributed by atoms with van der Waals surface area (Å²) < 4.78 is 19.4. The summed E-state index contributed by atoms with van der Waals surface area (Å²) in [5, 5.41) is 12.1. The number of methoxy groups -OCH3 is 2. The van der Waals surface area contributed by atoms with Crippen LogP contribution in [0.5, 0.6) is 11.5 Å². The summed E-state index contributed by atoms with van der Waals surface area (Å²) >= 11 is 0. The molecule has 1 aromatic carbocycles. The molecule has 1 aromatic rings. The van der Waals surface area contributed by atoms with Crippen molar-refractivity contribution < 1.29 is 19.3 Å². The number of fused-ring (bicyclic) bond motifs is 2. The van der Waals surface area contributed by atoms with E-state index in [2.05, 4.69) is 44.9 Å². The zero-order valence-corrected chi connectivity index (χ0v) is 20.7. The maximum atomic E-state index is 12.1. The van der Waals surface area contributed by atoms with Crippen molar-refractivity contribution in [2.75, 3.05) is 27.8 Å². The zero-order chi connectivity index (χ0) is 22.9. The smallest absolute Gasteiger partial charge is 0.165 e. The van der Waals surface area contributed by atoms with Gasteiger partial charge < -0.3 is 24.2 Å². The van der Waals surface area contributed by atoms with Crippen LogP contribution in [-0.2, 0) is 16.6 Å². The van der Waals surface area contributed by atoms with Crippen molar-refractivity contribution in [3.63, 3.8) is 0 Å². The Bertz CT molecular complexity index is 983.